The molecule has 2 aromatic rings. The number of imidazole rings is 1. The van der Waals surface area contributed by atoms with E-state index in [1.165, 1.54) is 32.1 Å². The van der Waals surface area contributed by atoms with E-state index < -0.39 is 0 Å². The highest BCUT2D eigenvalue weighted by atomic mass is 16.5. The molecule has 0 saturated carbocycles. The predicted molar refractivity (Wildman–Crippen MR) is 95.4 cm³/mol. The number of benzene rings is 1. The molecule has 0 unspecified atom stereocenters. The molecule has 0 radical (unpaired) electrons. The van der Waals surface area contributed by atoms with Crippen LogP contribution in [0.4, 0.5) is 0 Å². The van der Waals surface area contributed by atoms with Gasteiger partial charge in [-0.1, -0.05) is 58.1 Å². The standard InChI is InChI=1S/C19H31N3O/c1-3-5-6-7-8-11-15-23-16-22-18-13-10-9-12-17(18)21(14-4-2)19(22)20/h9-10,12-13,20H,3-8,11,14-16H2,1-2H3. The number of hydrogen-bond acceptors (Lipinski definition) is 2. The third kappa shape index (κ3) is 4.71. The number of fused-ring (bicyclic) bond motifs is 1. The molecule has 1 aromatic carbocycles. The SMILES string of the molecule is CCCCCCCCOCn1c(=N)n(CCC)c2ccccc21. The quantitative estimate of drug-likeness (QED) is 0.601. The molecular formula is C19H31N3O. The van der Waals surface area contributed by atoms with Crippen molar-refractivity contribution in [3.8, 4) is 0 Å². The summed E-state index contributed by atoms with van der Waals surface area (Å²) in [5.41, 5.74) is 2.76. The maximum Gasteiger partial charge on any atom is 0.204 e. The normalized spacial score (nSPS) is 11.4. The van der Waals surface area contributed by atoms with Gasteiger partial charge in [-0.3, -0.25) is 9.98 Å². The number of rotatable bonds is 11. The highest BCUT2D eigenvalue weighted by molar-refractivity contribution is 5.75. The molecule has 0 saturated heterocycles. The van der Waals surface area contributed by atoms with E-state index in [1.807, 2.05) is 16.7 Å². The number of unbranched alkanes of at least 4 members (excludes halogenated alkanes) is 5. The van der Waals surface area contributed by atoms with E-state index in [0.29, 0.717) is 12.3 Å². The van der Waals surface area contributed by atoms with Gasteiger partial charge in [-0.15, -0.1) is 0 Å². The van der Waals surface area contributed by atoms with Crippen molar-refractivity contribution in [3.63, 3.8) is 0 Å². The zero-order valence-corrected chi connectivity index (χ0v) is 14.7. The van der Waals surface area contributed by atoms with E-state index in [2.05, 4.69) is 30.5 Å². The van der Waals surface area contributed by atoms with Crippen LogP contribution in [-0.2, 0) is 18.0 Å². The summed E-state index contributed by atoms with van der Waals surface area (Å²) in [6.07, 6.45) is 8.68. The van der Waals surface area contributed by atoms with E-state index in [0.717, 1.165) is 37.0 Å². The number of ether oxygens (including phenoxy) is 1. The molecule has 0 aliphatic carbocycles. The highest BCUT2D eigenvalue weighted by Gasteiger charge is 2.09. The molecular weight excluding hydrogens is 286 g/mol. The van der Waals surface area contributed by atoms with Crippen LogP contribution in [0.5, 0.6) is 0 Å². The zero-order chi connectivity index (χ0) is 16.5. The maximum atomic E-state index is 8.42. The summed E-state index contributed by atoms with van der Waals surface area (Å²) in [4.78, 5) is 0. The summed E-state index contributed by atoms with van der Waals surface area (Å²) in [5, 5.41) is 8.42. The summed E-state index contributed by atoms with van der Waals surface area (Å²) in [6, 6.07) is 8.23. The Labute approximate surface area is 139 Å². The first-order chi connectivity index (χ1) is 11.3. The average Bonchev–Trinajstić information content (AvgIpc) is 2.83. The Morgan fingerprint density at radius 2 is 1.52 bits per heavy atom. The predicted octanol–water partition coefficient (Wildman–Crippen LogP) is 4.67. The molecule has 4 heteroatoms. The molecule has 1 N–H and O–H groups in total. The minimum atomic E-state index is 0.477. The molecule has 0 aliphatic heterocycles. The Kier molecular flexibility index (Phi) is 7.40. The second-order valence-corrected chi connectivity index (χ2v) is 6.20. The van der Waals surface area contributed by atoms with Gasteiger partial charge in [0.15, 0.2) is 0 Å². The Hall–Kier alpha value is -1.55. The maximum absolute atomic E-state index is 8.42. The second kappa shape index (κ2) is 9.56. The fourth-order valence-electron chi connectivity index (χ4n) is 3.02. The molecule has 0 aliphatic rings. The number of aryl methyl sites for hydroxylation is 1. The monoisotopic (exact) mass is 317 g/mol. The molecule has 1 heterocycles. The summed E-state index contributed by atoms with van der Waals surface area (Å²) in [5.74, 6) is 0. The molecule has 2 rings (SSSR count). The molecule has 1 aromatic heterocycles. The van der Waals surface area contributed by atoms with Crippen LogP contribution in [0.1, 0.15) is 58.8 Å². The van der Waals surface area contributed by atoms with Crippen molar-refractivity contribution in [3.05, 3.63) is 29.9 Å². The third-order valence-corrected chi connectivity index (χ3v) is 4.28. The number of para-hydroxylation sites is 2. The van der Waals surface area contributed by atoms with Crippen LogP contribution in [-0.4, -0.2) is 15.7 Å². The molecule has 0 amide bonds. The molecule has 4 nitrogen and oxygen atoms in total. The largest absolute Gasteiger partial charge is 0.361 e. The Balaban J connectivity index is 1.90. The molecule has 0 fully saturated rings. The van der Waals surface area contributed by atoms with Crippen LogP contribution in [0.15, 0.2) is 24.3 Å². The number of nitrogens with zero attached hydrogens (tertiary/aromatic N) is 2. The van der Waals surface area contributed by atoms with Crippen LogP contribution in [0.25, 0.3) is 11.0 Å². The second-order valence-electron chi connectivity index (χ2n) is 6.20. The van der Waals surface area contributed by atoms with Crippen molar-refractivity contribution in [1.29, 1.82) is 5.41 Å². The van der Waals surface area contributed by atoms with Crippen molar-refractivity contribution < 1.29 is 4.74 Å². The first-order valence-corrected chi connectivity index (χ1v) is 9.10. The lowest BCUT2D eigenvalue weighted by Gasteiger charge is -2.06. The minimum absolute atomic E-state index is 0.477. The van der Waals surface area contributed by atoms with Gasteiger partial charge < -0.3 is 9.30 Å². The lowest BCUT2D eigenvalue weighted by Crippen LogP contribution is -2.25. The Bertz CT molecular complexity index is 642. The lowest BCUT2D eigenvalue weighted by atomic mass is 10.1. The van der Waals surface area contributed by atoms with Crippen molar-refractivity contribution in [2.75, 3.05) is 6.61 Å². The smallest absolute Gasteiger partial charge is 0.204 e. The lowest BCUT2D eigenvalue weighted by molar-refractivity contribution is 0.0729. The van der Waals surface area contributed by atoms with Gasteiger partial charge in [-0.2, -0.15) is 0 Å². The summed E-state index contributed by atoms with van der Waals surface area (Å²) in [6.45, 7) is 6.53. The summed E-state index contributed by atoms with van der Waals surface area (Å²) >= 11 is 0. The van der Waals surface area contributed by atoms with Gasteiger partial charge in [0.2, 0.25) is 5.62 Å². The fourth-order valence-corrected chi connectivity index (χ4v) is 3.02. The van der Waals surface area contributed by atoms with Gasteiger partial charge >= 0.3 is 0 Å². The van der Waals surface area contributed by atoms with Gasteiger partial charge in [0.25, 0.3) is 0 Å². The van der Waals surface area contributed by atoms with Crippen molar-refractivity contribution >= 4 is 11.0 Å². The Morgan fingerprint density at radius 1 is 0.870 bits per heavy atom. The molecule has 0 bridgehead atoms. The van der Waals surface area contributed by atoms with E-state index in [-0.39, 0.29) is 0 Å². The number of aromatic nitrogens is 2. The van der Waals surface area contributed by atoms with Gasteiger partial charge in [0.05, 0.1) is 11.0 Å². The Morgan fingerprint density at radius 3 is 2.22 bits per heavy atom. The van der Waals surface area contributed by atoms with E-state index in [4.69, 9.17) is 10.1 Å². The van der Waals surface area contributed by atoms with Crippen molar-refractivity contribution in [2.45, 2.75) is 72.1 Å². The molecule has 23 heavy (non-hydrogen) atoms. The molecule has 0 atom stereocenters. The van der Waals surface area contributed by atoms with Crippen LogP contribution in [0.3, 0.4) is 0 Å². The zero-order valence-electron chi connectivity index (χ0n) is 14.7. The van der Waals surface area contributed by atoms with Crippen LogP contribution in [0, 0.1) is 5.41 Å². The third-order valence-electron chi connectivity index (χ3n) is 4.28. The van der Waals surface area contributed by atoms with Crippen LogP contribution >= 0.6 is 0 Å². The van der Waals surface area contributed by atoms with E-state index in [9.17, 15) is 0 Å². The van der Waals surface area contributed by atoms with Crippen LogP contribution in [0.2, 0.25) is 0 Å². The van der Waals surface area contributed by atoms with Crippen molar-refractivity contribution in [2.24, 2.45) is 0 Å². The van der Waals surface area contributed by atoms with Gasteiger partial charge in [0, 0.05) is 13.2 Å². The van der Waals surface area contributed by atoms with E-state index >= 15 is 0 Å². The van der Waals surface area contributed by atoms with Crippen LogP contribution < -0.4 is 5.62 Å². The van der Waals surface area contributed by atoms with Crippen molar-refractivity contribution in [1.82, 2.24) is 9.13 Å². The number of hydrogen-bond donors (Lipinski definition) is 1. The summed E-state index contributed by atoms with van der Waals surface area (Å²) < 4.78 is 9.88. The van der Waals surface area contributed by atoms with Gasteiger partial charge in [-0.25, -0.2) is 0 Å². The average molecular weight is 317 g/mol. The molecule has 128 valence electrons. The summed E-state index contributed by atoms with van der Waals surface area (Å²) in [7, 11) is 0. The molecule has 0 spiro atoms. The van der Waals surface area contributed by atoms with Gasteiger partial charge in [-0.05, 0) is 25.0 Å². The number of nitrogens with one attached hydrogen (secondary N) is 1. The topological polar surface area (TPSA) is 42.9 Å². The first kappa shape index (κ1) is 17.8. The van der Waals surface area contributed by atoms with Gasteiger partial charge in [0.1, 0.15) is 6.73 Å². The fraction of sp³-hybridized carbons (Fsp3) is 0.632. The van der Waals surface area contributed by atoms with E-state index in [1.54, 1.807) is 0 Å². The minimum Gasteiger partial charge on any atom is -0.361 e. The first-order valence-electron chi connectivity index (χ1n) is 9.10. The highest BCUT2D eigenvalue weighted by Crippen LogP contribution is 2.13.